The molecule has 0 aliphatic carbocycles. The monoisotopic (exact) mass is 238 g/mol. The quantitative estimate of drug-likeness (QED) is 0.870. The van der Waals surface area contributed by atoms with Gasteiger partial charge < -0.3 is 10.2 Å². The molecule has 18 heavy (non-hydrogen) atoms. The lowest BCUT2D eigenvalue weighted by Gasteiger charge is -2.12. The topological polar surface area (TPSA) is 15.3 Å². The van der Waals surface area contributed by atoms with Gasteiger partial charge in [0.05, 0.1) is 0 Å². The highest BCUT2D eigenvalue weighted by Crippen LogP contribution is 2.15. The van der Waals surface area contributed by atoms with Gasteiger partial charge >= 0.3 is 0 Å². The van der Waals surface area contributed by atoms with Crippen molar-refractivity contribution < 1.29 is 0 Å². The van der Waals surface area contributed by atoms with Gasteiger partial charge in [-0.1, -0.05) is 30.3 Å². The maximum atomic E-state index is 3.26. The van der Waals surface area contributed by atoms with Crippen LogP contribution in [0, 0.1) is 0 Å². The summed E-state index contributed by atoms with van der Waals surface area (Å²) in [6.45, 7) is 0. The van der Waals surface area contributed by atoms with E-state index in [1.54, 1.807) is 0 Å². The normalized spacial score (nSPS) is 10.6. The second kappa shape index (κ2) is 5.92. The molecule has 0 bridgehead atoms. The van der Waals surface area contributed by atoms with E-state index in [1.165, 1.54) is 11.3 Å². The van der Waals surface area contributed by atoms with Crippen LogP contribution in [0.4, 0.5) is 11.4 Å². The maximum absolute atomic E-state index is 3.26. The Morgan fingerprint density at radius 3 is 2.17 bits per heavy atom. The molecule has 0 aliphatic rings. The first kappa shape index (κ1) is 12.2. The summed E-state index contributed by atoms with van der Waals surface area (Å²) in [6, 6.07) is 18.6. The van der Waals surface area contributed by atoms with Crippen LogP contribution in [0.3, 0.4) is 0 Å². The minimum atomic E-state index is 1.09. The fraction of sp³-hybridized carbons (Fsp3) is 0.125. The predicted molar refractivity (Wildman–Crippen MR) is 79.9 cm³/mol. The Morgan fingerprint density at radius 2 is 1.56 bits per heavy atom. The van der Waals surface area contributed by atoms with Gasteiger partial charge in [0.25, 0.3) is 0 Å². The van der Waals surface area contributed by atoms with E-state index in [2.05, 4.69) is 52.7 Å². The molecule has 0 fully saturated rings. The van der Waals surface area contributed by atoms with Gasteiger partial charge in [-0.2, -0.15) is 0 Å². The molecule has 2 heteroatoms. The molecule has 0 amide bonds. The molecular formula is C16H18N2. The zero-order chi connectivity index (χ0) is 12.8. The highest BCUT2D eigenvalue weighted by molar-refractivity contribution is 5.58. The van der Waals surface area contributed by atoms with Crippen LogP contribution in [-0.2, 0) is 0 Å². The van der Waals surface area contributed by atoms with Gasteiger partial charge in [0.15, 0.2) is 0 Å². The zero-order valence-electron chi connectivity index (χ0n) is 10.8. The SMILES string of the molecule is CN(C)c1ccc(N/C=C\c2ccccc2)cc1. The molecule has 0 unspecified atom stereocenters. The van der Waals surface area contributed by atoms with Gasteiger partial charge in [0.1, 0.15) is 0 Å². The first-order valence-corrected chi connectivity index (χ1v) is 6.01. The predicted octanol–water partition coefficient (Wildman–Crippen LogP) is 3.84. The van der Waals surface area contributed by atoms with Crippen LogP contribution >= 0.6 is 0 Å². The summed E-state index contributed by atoms with van der Waals surface area (Å²) in [5.74, 6) is 0. The van der Waals surface area contributed by atoms with Crippen molar-refractivity contribution in [3.63, 3.8) is 0 Å². The third-order valence-electron chi connectivity index (χ3n) is 2.71. The van der Waals surface area contributed by atoms with E-state index in [0.29, 0.717) is 0 Å². The van der Waals surface area contributed by atoms with E-state index < -0.39 is 0 Å². The van der Waals surface area contributed by atoms with Crippen molar-refractivity contribution in [1.82, 2.24) is 0 Å². The van der Waals surface area contributed by atoms with E-state index in [1.807, 2.05) is 38.5 Å². The number of hydrogen-bond donors (Lipinski definition) is 1. The van der Waals surface area contributed by atoms with Crippen molar-refractivity contribution in [2.75, 3.05) is 24.3 Å². The Kier molecular flexibility index (Phi) is 4.02. The lowest BCUT2D eigenvalue weighted by molar-refractivity contribution is 1.13. The molecule has 2 nitrogen and oxygen atoms in total. The average molecular weight is 238 g/mol. The number of nitrogens with one attached hydrogen (secondary N) is 1. The molecule has 0 aliphatic heterocycles. The molecule has 0 aromatic heterocycles. The molecule has 0 spiro atoms. The third-order valence-corrected chi connectivity index (χ3v) is 2.71. The largest absolute Gasteiger partial charge is 0.378 e. The van der Waals surface area contributed by atoms with Crippen LogP contribution in [0.25, 0.3) is 6.08 Å². The van der Waals surface area contributed by atoms with Gasteiger partial charge in [0.2, 0.25) is 0 Å². The van der Waals surface area contributed by atoms with Gasteiger partial charge in [-0.3, -0.25) is 0 Å². The standard InChI is InChI=1S/C16H18N2/c1-18(2)16-10-8-15(9-11-16)17-13-12-14-6-4-3-5-7-14/h3-13,17H,1-2H3/b13-12-. The van der Waals surface area contributed by atoms with Crippen molar-refractivity contribution in [3.8, 4) is 0 Å². The Labute approximate surface area is 109 Å². The molecule has 1 N–H and O–H groups in total. The van der Waals surface area contributed by atoms with E-state index in [4.69, 9.17) is 0 Å². The molecular weight excluding hydrogens is 220 g/mol. The van der Waals surface area contributed by atoms with Crippen molar-refractivity contribution in [3.05, 3.63) is 66.4 Å². The lowest BCUT2D eigenvalue weighted by Crippen LogP contribution is -2.08. The van der Waals surface area contributed by atoms with Crippen molar-refractivity contribution >= 4 is 17.5 Å². The third kappa shape index (κ3) is 3.39. The Balaban J connectivity index is 1.96. The second-order valence-corrected chi connectivity index (χ2v) is 4.33. The van der Waals surface area contributed by atoms with Crippen LogP contribution in [-0.4, -0.2) is 14.1 Å². The fourth-order valence-corrected chi connectivity index (χ4v) is 1.65. The summed E-state index contributed by atoms with van der Waals surface area (Å²) in [4.78, 5) is 2.09. The molecule has 0 radical (unpaired) electrons. The summed E-state index contributed by atoms with van der Waals surface area (Å²) in [6.07, 6.45) is 4.01. The molecule has 0 saturated heterocycles. The first-order chi connectivity index (χ1) is 8.75. The minimum absolute atomic E-state index is 1.09. The maximum Gasteiger partial charge on any atom is 0.0381 e. The number of benzene rings is 2. The molecule has 2 rings (SSSR count). The smallest absolute Gasteiger partial charge is 0.0381 e. The summed E-state index contributed by atoms with van der Waals surface area (Å²) in [5.41, 5.74) is 3.48. The molecule has 0 saturated carbocycles. The van der Waals surface area contributed by atoms with Crippen LogP contribution in [0.5, 0.6) is 0 Å². The van der Waals surface area contributed by atoms with Crippen LogP contribution in [0.15, 0.2) is 60.8 Å². The van der Waals surface area contributed by atoms with Crippen molar-refractivity contribution in [2.45, 2.75) is 0 Å². The van der Waals surface area contributed by atoms with Gasteiger partial charge in [0, 0.05) is 31.7 Å². The average Bonchev–Trinajstić information content (AvgIpc) is 2.40. The Bertz CT molecular complexity index is 498. The van der Waals surface area contributed by atoms with Gasteiger partial charge in [-0.25, -0.2) is 0 Å². The van der Waals surface area contributed by atoms with E-state index in [0.717, 1.165) is 5.69 Å². The minimum Gasteiger partial charge on any atom is -0.378 e. The molecule has 2 aromatic carbocycles. The van der Waals surface area contributed by atoms with E-state index >= 15 is 0 Å². The highest BCUT2D eigenvalue weighted by Gasteiger charge is 1.93. The number of hydrogen-bond acceptors (Lipinski definition) is 2. The Hall–Kier alpha value is -2.22. The molecule has 0 heterocycles. The van der Waals surface area contributed by atoms with Crippen LogP contribution < -0.4 is 10.2 Å². The van der Waals surface area contributed by atoms with Crippen LogP contribution in [0.2, 0.25) is 0 Å². The van der Waals surface area contributed by atoms with Crippen LogP contribution in [0.1, 0.15) is 5.56 Å². The lowest BCUT2D eigenvalue weighted by atomic mass is 10.2. The Morgan fingerprint density at radius 1 is 0.889 bits per heavy atom. The van der Waals surface area contributed by atoms with Gasteiger partial charge in [-0.05, 0) is 35.9 Å². The van der Waals surface area contributed by atoms with Gasteiger partial charge in [-0.15, -0.1) is 0 Å². The fourth-order valence-electron chi connectivity index (χ4n) is 1.65. The summed E-state index contributed by atoms with van der Waals surface area (Å²) in [5, 5.41) is 3.26. The van der Waals surface area contributed by atoms with Crippen molar-refractivity contribution in [2.24, 2.45) is 0 Å². The van der Waals surface area contributed by atoms with E-state index in [9.17, 15) is 0 Å². The summed E-state index contributed by atoms with van der Waals surface area (Å²) >= 11 is 0. The van der Waals surface area contributed by atoms with Crippen molar-refractivity contribution in [1.29, 1.82) is 0 Å². The second-order valence-electron chi connectivity index (χ2n) is 4.33. The first-order valence-electron chi connectivity index (χ1n) is 6.01. The summed E-state index contributed by atoms with van der Waals surface area (Å²) < 4.78 is 0. The number of anilines is 2. The zero-order valence-corrected chi connectivity index (χ0v) is 10.8. The number of rotatable bonds is 4. The van der Waals surface area contributed by atoms with E-state index in [-0.39, 0.29) is 0 Å². The summed E-state index contributed by atoms with van der Waals surface area (Å²) in [7, 11) is 4.08. The molecule has 2 aromatic rings. The number of nitrogens with zero attached hydrogens (tertiary/aromatic N) is 1. The molecule has 92 valence electrons. The molecule has 0 atom stereocenters. The highest BCUT2D eigenvalue weighted by atomic mass is 15.1.